The number of amides is 2. The molecular weight excluding hydrogens is 246 g/mol. The van der Waals surface area contributed by atoms with E-state index in [9.17, 15) is 9.59 Å². The topological polar surface area (TPSA) is 70.7 Å². The summed E-state index contributed by atoms with van der Waals surface area (Å²) in [5, 5.41) is 5.86. The molecule has 2 amide bonds. The highest BCUT2D eigenvalue weighted by molar-refractivity contribution is 5.90. The molecule has 0 radical (unpaired) electrons. The molecule has 2 saturated heterocycles. The Balaban J connectivity index is 2.04. The zero-order valence-electron chi connectivity index (χ0n) is 11.6. The van der Waals surface area contributed by atoms with Gasteiger partial charge in [0, 0.05) is 13.6 Å². The van der Waals surface area contributed by atoms with Crippen LogP contribution in [0.5, 0.6) is 0 Å². The van der Waals surface area contributed by atoms with Gasteiger partial charge in [-0.1, -0.05) is 6.92 Å². The maximum atomic E-state index is 12.6. The number of rotatable bonds is 2. The van der Waals surface area contributed by atoms with Crippen molar-refractivity contribution in [1.29, 1.82) is 0 Å². The van der Waals surface area contributed by atoms with E-state index < -0.39 is 6.04 Å². The van der Waals surface area contributed by atoms with Crippen LogP contribution >= 0.6 is 0 Å². The average Bonchev–Trinajstić information content (AvgIpc) is 2.45. The van der Waals surface area contributed by atoms with E-state index >= 15 is 0 Å². The quantitative estimate of drug-likeness (QED) is 0.699. The minimum atomic E-state index is -0.495. The second-order valence-electron chi connectivity index (χ2n) is 5.37. The predicted molar refractivity (Wildman–Crippen MR) is 70.6 cm³/mol. The molecule has 2 N–H and O–H groups in total. The standard InChI is InChI=1S/C13H23N3O3/c1-9-3-4-15-10(7-9)13(18)16-5-6-19-8-11(16)12(17)14-2/h9-11,15H,3-8H2,1-2H3,(H,14,17). The summed E-state index contributed by atoms with van der Waals surface area (Å²) in [6.07, 6.45) is 1.95. The lowest BCUT2D eigenvalue weighted by atomic mass is 9.93. The SMILES string of the molecule is CNC(=O)C1COCCN1C(=O)C1CC(C)CCN1. The maximum absolute atomic E-state index is 12.6. The van der Waals surface area contributed by atoms with E-state index in [1.165, 1.54) is 0 Å². The fraction of sp³-hybridized carbons (Fsp3) is 0.846. The third-order valence-corrected chi connectivity index (χ3v) is 3.92. The number of carbonyl (C=O) groups excluding carboxylic acids is 2. The van der Waals surface area contributed by atoms with Gasteiger partial charge in [0.2, 0.25) is 11.8 Å². The molecule has 2 heterocycles. The fourth-order valence-electron chi connectivity index (χ4n) is 2.75. The lowest BCUT2D eigenvalue weighted by molar-refractivity contribution is -0.150. The molecule has 2 rings (SSSR count). The van der Waals surface area contributed by atoms with E-state index in [0.717, 1.165) is 19.4 Å². The van der Waals surface area contributed by atoms with Crippen molar-refractivity contribution in [3.8, 4) is 0 Å². The summed E-state index contributed by atoms with van der Waals surface area (Å²) in [6.45, 7) is 4.31. The first-order valence-electron chi connectivity index (χ1n) is 6.96. The molecule has 0 aromatic heterocycles. The van der Waals surface area contributed by atoms with Gasteiger partial charge in [0.25, 0.3) is 0 Å². The van der Waals surface area contributed by atoms with Gasteiger partial charge in [0.1, 0.15) is 6.04 Å². The highest BCUT2D eigenvalue weighted by Gasteiger charge is 2.36. The Morgan fingerprint density at radius 2 is 2.21 bits per heavy atom. The van der Waals surface area contributed by atoms with Crippen LogP contribution in [0, 0.1) is 5.92 Å². The van der Waals surface area contributed by atoms with Crippen LogP contribution in [0.3, 0.4) is 0 Å². The summed E-state index contributed by atoms with van der Waals surface area (Å²) in [4.78, 5) is 26.0. The zero-order chi connectivity index (χ0) is 13.8. The van der Waals surface area contributed by atoms with E-state index in [2.05, 4.69) is 17.6 Å². The van der Waals surface area contributed by atoms with Gasteiger partial charge < -0.3 is 20.3 Å². The second kappa shape index (κ2) is 6.34. The van der Waals surface area contributed by atoms with Crippen LogP contribution in [0.1, 0.15) is 19.8 Å². The molecule has 6 heteroatoms. The van der Waals surface area contributed by atoms with Crippen molar-refractivity contribution in [2.45, 2.75) is 31.8 Å². The number of carbonyl (C=O) groups is 2. The van der Waals surface area contributed by atoms with Gasteiger partial charge in [0.15, 0.2) is 0 Å². The minimum absolute atomic E-state index is 0.0310. The van der Waals surface area contributed by atoms with Crippen LogP contribution in [0.15, 0.2) is 0 Å². The fourth-order valence-corrected chi connectivity index (χ4v) is 2.75. The average molecular weight is 269 g/mol. The zero-order valence-corrected chi connectivity index (χ0v) is 11.6. The van der Waals surface area contributed by atoms with Crippen molar-refractivity contribution in [2.75, 3.05) is 33.4 Å². The summed E-state index contributed by atoms with van der Waals surface area (Å²) in [6, 6.07) is -0.653. The molecule has 3 unspecified atom stereocenters. The van der Waals surface area contributed by atoms with Gasteiger partial charge in [0.05, 0.1) is 19.3 Å². The molecule has 6 nitrogen and oxygen atoms in total. The van der Waals surface area contributed by atoms with Crippen LogP contribution in [-0.4, -0.2) is 62.1 Å². The van der Waals surface area contributed by atoms with Crippen LogP contribution in [-0.2, 0) is 14.3 Å². The molecule has 19 heavy (non-hydrogen) atoms. The van der Waals surface area contributed by atoms with Gasteiger partial charge in [-0.25, -0.2) is 0 Å². The van der Waals surface area contributed by atoms with Crippen molar-refractivity contribution < 1.29 is 14.3 Å². The van der Waals surface area contributed by atoms with Crippen LogP contribution in [0.4, 0.5) is 0 Å². The summed E-state index contributed by atoms with van der Waals surface area (Å²) in [5.74, 6) is 0.426. The first kappa shape index (κ1) is 14.3. The number of likely N-dealkylation sites (N-methyl/N-ethyl adjacent to an activating group) is 1. The van der Waals surface area contributed by atoms with E-state index in [0.29, 0.717) is 19.1 Å². The van der Waals surface area contributed by atoms with E-state index in [1.807, 2.05) is 0 Å². The monoisotopic (exact) mass is 269 g/mol. The lowest BCUT2D eigenvalue weighted by Gasteiger charge is -2.38. The first-order valence-corrected chi connectivity index (χ1v) is 6.96. The minimum Gasteiger partial charge on any atom is -0.377 e. The second-order valence-corrected chi connectivity index (χ2v) is 5.37. The number of morpholine rings is 1. The molecule has 0 bridgehead atoms. The number of ether oxygens (including phenoxy) is 1. The molecule has 3 atom stereocenters. The van der Waals surface area contributed by atoms with Crippen molar-refractivity contribution in [2.24, 2.45) is 5.92 Å². The number of hydrogen-bond donors (Lipinski definition) is 2. The summed E-state index contributed by atoms with van der Waals surface area (Å²) in [5.41, 5.74) is 0. The van der Waals surface area contributed by atoms with Gasteiger partial charge >= 0.3 is 0 Å². The Morgan fingerprint density at radius 1 is 1.42 bits per heavy atom. The highest BCUT2D eigenvalue weighted by atomic mass is 16.5. The molecule has 0 spiro atoms. The van der Waals surface area contributed by atoms with Crippen LogP contribution in [0.2, 0.25) is 0 Å². The molecule has 0 aromatic rings. The van der Waals surface area contributed by atoms with E-state index in [1.54, 1.807) is 11.9 Å². The third-order valence-electron chi connectivity index (χ3n) is 3.92. The Kier molecular flexibility index (Phi) is 4.76. The van der Waals surface area contributed by atoms with Crippen molar-refractivity contribution >= 4 is 11.8 Å². The van der Waals surface area contributed by atoms with Gasteiger partial charge in [-0.05, 0) is 25.3 Å². The number of nitrogens with one attached hydrogen (secondary N) is 2. The smallest absolute Gasteiger partial charge is 0.244 e. The van der Waals surface area contributed by atoms with Gasteiger partial charge in [-0.15, -0.1) is 0 Å². The predicted octanol–water partition coefficient (Wildman–Crippen LogP) is -0.652. The Bertz CT molecular complexity index is 348. The summed E-state index contributed by atoms with van der Waals surface area (Å²) in [7, 11) is 1.58. The van der Waals surface area contributed by atoms with Crippen LogP contribution < -0.4 is 10.6 Å². The van der Waals surface area contributed by atoms with Gasteiger partial charge in [-0.3, -0.25) is 9.59 Å². The summed E-state index contributed by atoms with van der Waals surface area (Å²) >= 11 is 0. The Morgan fingerprint density at radius 3 is 2.89 bits per heavy atom. The van der Waals surface area contributed by atoms with Gasteiger partial charge in [-0.2, -0.15) is 0 Å². The van der Waals surface area contributed by atoms with Crippen molar-refractivity contribution in [3.05, 3.63) is 0 Å². The molecular formula is C13H23N3O3. The third kappa shape index (κ3) is 3.25. The normalized spacial score (nSPS) is 31.9. The van der Waals surface area contributed by atoms with Crippen molar-refractivity contribution in [1.82, 2.24) is 15.5 Å². The molecule has 108 valence electrons. The largest absolute Gasteiger partial charge is 0.377 e. The molecule has 2 fully saturated rings. The molecule has 2 aliphatic heterocycles. The lowest BCUT2D eigenvalue weighted by Crippen LogP contribution is -2.60. The van der Waals surface area contributed by atoms with E-state index in [4.69, 9.17) is 4.74 Å². The molecule has 2 aliphatic rings. The molecule has 0 saturated carbocycles. The Hall–Kier alpha value is -1.14. The maximum Gasteiger partial charge on any atom is 0.244 e. The highest BCUT2D eigenvalue weighted by Crippen LogP contribution is 2.18. The number of hydrogen-bond acceptors (Lipinski definition) is 4. The molecule has 0 aliphatic carbocycles. The molecule has 0 aromatic carbocycles. The summed E-state index contributed by atoms with van der Waals surface area (Å²) < 4.78 is 5.32. The number of nitrogens with zero attached hydrogens (tertiary/aromatic N) is 1. The Labute approximate surface area is 113 Å². The number of piperidine rings is 1. The van der Waals surface area contributed by atoms with Crippen LogP contribution in [0.25, 0.3) is 0 Å². The first-order chi connectivity index (χ1) is 9.13. The van der Waals surface area contributed by atoms with E-state index in [-0.39, 0.29) is 24.5 Å². The van der Waals surface area contributed by atoms with Crippen molar-refractivity contribution in [3.63, 3.8) is 0 Å².